The van der Waals surface area contributed by atoms with Gasteiger partial charge in [-0.05, 0) is 82.2 Å². The maximum Gasteiger partial charge on any atom is 0.398 e. The van der Waals surface area contributed by atoms with Gasteiger partial charge in [0.1, 0.15) is 5.82 Å². The summed E-state index contributed by atoms with van der Waals surface area (Å²) in [6.07, 6.45) is 4.67. The Balaban J connectivity index is 1.45. The lowest BCUT2D eigenvalue weighted by atomic mass is 9.73. The molecule has 172 valence electrons. The molecular weight excluding hydrogens is 415 g/mol. The van der Waals surface area contributed by atoms with Gasteiger partial charge >= 0.3 is 11.9 Å². The molecule has 0 aliphatic heterocycles. The van der Waals surface area contributed by atoms with E-state index in [0.29, 0.717) is 31.0 Å². The van der Waals surface area contributed by atoms with Crippen LogP contribution in [0.1, 0.15) is 66.6 Å². The molecule has 1 heterocycles. The highest BCUT2D eigenvalue weighted by atomic mass is 19.1. The van der Waals surface area contributed by atoms with Crippen molar-refractivity contribution in [2.24, 2.45) is 17.6 Å². The fraction of sp³-hybridized carbons (Fsp3) is 0.565. The summed E-state index contributed by atoms with van der Waals surface area (Å²) in [5.74, 6) is -0.890. The summed E-state index contributed by atoms with van der Waals surface area (Å²) in [7, 11) is 3.89. The summed E-state index contributed by atoms with van der Waals surface area (Å²) < 4.78 is 24.5. The summed E-state index contributed by atoms with van der Waals surface area (Å²) in [5.41, 5.74) is 5.13. The van der Waals surface area contributed by atoms with Gasteiger partial charge in [0.15, 0.2) is 11.4 Å². The number of rotatable bonds is 8. The second-order valence-electron chi connectivity index (χ2n) is 9.21. The third-order valence-corrected chi connectivity index (χ3v) is 6.58. The molecule has 2 saturated carbocycles. The highest BCUT2D eigenvalue weighted by Gasteiger charge is 2.46. The van der Waals surface area contributed by atoms with Crippen molar-refractivity contribution < 1.29 is 23.2 Å². The van der Waals surface area contributed by atoms with Crippen molar-refractivity contribution in [2.45, 2.75) is 56.6 Å². The van der Waals surface area contributed by atoms with Crippen molar-refractivity contribution in [2.75, 3.05) is 14.1 Å². The molecule has 0 saturated heterocycles. The maximum atomic E-state index is 13.8. The molecule has 1 unspecified atom stereocenters. The zero-order valence-electron chi connectivity index (χ0n) is 18.4. The van der Waals surface area contributed by atoms with Gasteiger partial charge in [-0.15, -0.1) is 0 Å². The first-order valence-corrected chi connectivity index (χ1v) is 11.0. The van der Waals surface area contributed by atoms with E-state index in [-0.39, 0.29) is 36.5 Å². The Hall–Kier alpha value is -2.81. The minimum absolute atomic E-state index is 0.0341. The van der Waals surface area contributed by atoms with E-state index in [1.165, 1.54) is 12.1 Å². The molecule has 1 aromatic heterocycles. The predicted molar refractivity (Wildman–Crippen MR) is 113 cm³/mol. The highest BCUT2D eigenvalue weighted by Crippen LogP contribution is 2.42. The van der Waals surface area contributed by atoms with Crippen LogP contribution in [0.25, 0.3) is 0 Å². The van der Waals surface area contributed by atoms with E-state index < -0.39 is 17.5 Å². The number of nitrogens with zero attached hydrogens (tertiary/aromatic N) is 3. The van der Waals surface area contributed by atoms with Gasteiger partial charge in [-0.3, -0.25) is 4.79 Å². The molecule has 1 aromatic carbocycles. The Labute approximate surface area is 186 Å². The molecule has 2 fully saturated rings. The van der Waals surface area contributed by atoms with Crippen molar-refractivity contribution in [3.8, 4) is 0 Å². The van der Waals surface area contributed by atoms with Gasteiger partial charge in [-0.1, -0.05) is 17.3 Å². The van der Waals surface area contributed by atoms with Crippen molar-refractivity contribution in [1.82, 2.24) is 15.0 Å². The van der Waals surface area contributed by atoms with Crippen LogP contribution in [-0.2, 0) is 16.0 Å². The smallest absolute Gasteiger partial charge is 0.398 e. The molecule has 0 spiro atoms. The quantitative estimate of drug-likeness (QED) is 0.623. The van der Waals surface area contributed by atoms with Gasteiger partial charge in [-0.25, -0.2) is 9.18 Å². The molecule has 0 bridgehead atoms. The second-order valence-corrected chi connectivity index (χ2v) is 9.21. The molecular formula is C23H29FN4O4. The summed E-state index contributed by atoms with van der Waals surface area (Å²) in [6, 6.07) is 6.52. The van der Waals surface area contributed by atoms with Crippen LogP contribution in [-0.4, -0.2) is 46.6 Å². The van der Waals surface area contributed by atoms with Crippen LogP contribution in [0.3, 0.4) is 0 Å². The van der Waals surface area contributed by atoms with Gasteiger partial charge in [0.25, 0.3) is 5.91 Å². The van der Waals surface area contributed by atoms with E-state index in [1.54, 1.807) is 6.07 Å². The normalized spacial score (nSPS) is 24.3. The number of nitrogens with two attached hydrogens (primary N) is 1. The number of carbonyl (C=O) groups is 2. The van der Waals surface area contributed by atoms with Crippen LogP contribution < -0.4 is 5.73 Å². The Morgan fingerprint density at radius 3 is 2.59 bits per heavy atom. The highest BCUT2D eigenvalue weighted by molar-refractivity contribution is 5.90. The van der Waals surface area contributed by atoms with Gasteiger partial charge in [0.2, 0.25) is 0 Å². The van der Waals surface area contributed by atoms with Crippen LogP contribution >= 0.6 is 0 Å². The van der Waals surface area contributed by atoms with Gasteiger partial charge < -0.3 is 19.9 Å². The van der Waals surface area contributed by atoms with E-state index in [0.717, 1.165) is 18.4 Å². The number of benzene rings is 1. The van der Waals surface area contributed by atoms with Crippen LogP contribution in [0.4, 0.5) is 4.39 Å². The Morgan fingerprint density at radius 2 is 2.00 bits per heavy atom. The Morgan fingerprint density at radius 1 is 1.28 bits per heavy atom. The van der Waals surface area contributed by atoms with Crippen LogP contribution in [0, 0.1) is 17.7 Å². The van der Waals surface area contributed by atoms with Crippen molar-refractivity contribution in [1.29, 1.82) is 0 Å². The minimum atomic E-state index is -1.42. The van der Waals surface area contributed by atoms with Crippen LogP contribution in [0.15, 0.2) is 28.8 Å². The van der Waals surface area contributed by atoms with Gasteiger partial charge in [-0.2, -0.15) is 4.98 Å². The Kier molecular flexibility index (Phi) is 6.28. The number of esters is 1. The molecule has 2 N–H and O–H groups in total. The topological polar surface area (TPSA) is 112 Å². The van der Waals surface area contributed by atoms with E-state index in [1.807, 2.05) is 25.1 Å². The zero-order chi connectivity index (χ0) is 22.9. The van der Waals surface area contributed by atoms with Crippen molar-refractivity contribution in [3.63, 3.8) is 0 Å². The monoisotopic (exact) mass is 444 g/mol. The molecule has 8 nitrogen and oxygen atoms in total. The number of ether oxygens (including phenoxy) is 1. The first-order valence-electron chi connectivity index (χ1n) is 11.0. The SMILES string of the molecule is CN(C)C(c1cccc(F)c1)C1CCC(OC(=O)c2nc(CC3CC3)no2)(C(N)=O)CC1. The minimum Gasteiger partial charge on any atom is -0.442 e. The van der Waals surface area contributed by atoms with Crippen molar-refractivity contribution >= 4 is 11.9 Å². The number of amides is 1. The molecule has 2 aromatic rings. The molecule has 1 atom stereocenters. The lowest BCUT2D eigenvalue weighted by molar-refractivity contribution is -0.142. The number of aromatic nitrogens is 2. The van der Waals surface area contributed by atoms with E-state index in [2.05, 4.69) is 10.1 Å². The maximum absolute atomic E-state index is 13.8. The first kappa shape index (κ1) is 22.4. The molecule has 2 aliphatic rings. The summed E-state index contributed by atoms with van der Waals surface area (Å²) in [4.78, 5) is 31.1. The van der Waals surface area contributed by atoms with Gasteiger partial charge in [0.05, 0.1) is 0 Å². The number of hydrogen-bond donors (Lipinski definition) is 1. The largest absolute Gasteiger partial charge is 0.442 e. The summed E-state index contributed by atoms with van der Waals surface area (Å²) in [5, 5.41) is 3.83. The van der Waals surface area contributed by atoms with E-state index in [9.17, 15) is 14.0 Å². The zero-order valence-corrected chi connectivity index (χ0v) is 18.4. The number of halogens is 1. The predicted octanol–water partition coefficient (Wildman–Crippen LogP) is 3.04. The number of carbonyl (C=O) groups excluding carboxylic acids is 2. The second kappa shape index (κ2) is 8.97. The number of primary amides is 1. The van der Waals surface area contributed by atoms with E-state index in [4.69, 9.17) is 15.0 Å². The van der Waals surface area contributed by atoms with Gasteiger partial charge in [0, 0.05) is 12.5 Å². The standard InChI is InChI=1S/C23H29FN4O4/c1-28(2)19(16-4-3-5-17(24)13-16)15-8-10-23(11-9-15,22(25)30)31-21(29)20-26-18(27-32-20)12-14-6-7-14/h3-5,13-15,19H,6-12H2,1-2H3,(H2,25,30). The molecule has 1 amide bonds. The lowest BCUT2D eigenvalue weighted by Gasteiger charge is -2.41. The fourth-order valence-corrected chi connectivity index (χ4v) is 4.72. The summed E-state index contributed by atoms with van der Waals surface area (Å²) in [6.45, 7) is 0. The van der Waals surface area contributed by atoms with E-state index >= 15 is 0 Å². The average Bonchev–Trinajstić information content (AvgIpc) is 3.43. The number of hydrogen-bond acceptors (Lipinski definition) is 7. The van der Waals surface area contributed by atoms with Crippen LogP contribution in [0.5, 0.6) is 0 Å². The molecule has 0 radical (unpaired) electrons. The van der Waals surface area contributed by atoms with Crippen molar-refractivity contribution in [3.05, 3.63) is 47.4 Å². The first-order chi connectivity index (χ1) is 15.3. The average molecular weight is 445 g/mol. The lowest BCUT2D eigenvalue weighted by Crippen LogP contribution is -2.51. The molecule has 4 rings (SSSR count). The third-order valence-electron chi connectivity index (χ3n) is 6.58. The third kappa shape index (κ3) is 4.82. The fourth-order valence-electron chi connectivity index (χ4n) is 4.72. The van der Waals surface area contributed by atoms with Crippen LogP contribution in [0.2, 0.25) is 0 Å². The molecule has 2 aliphatic carbocycles. The molecule has 32 heavy (non-hydrogen) atoms. The Bertz CT molecular complexity index is 980. The molecule has 9 heteroatoms. The summed E-state index contributed by atoms with van der Waals surface area (Å²) >= 11 is 0.